The molecule has 2 aromatic rings. The van der Waals surface area contributed by atoms with Crippen LogP contribution in [0.2, 0.25) is 0 Å². The van der Waals surface area contributed by atoms with Gasteiger partial charge in [-0.05, 0) is 6.42 Å². The Hall–Kier alpha value is -1.93. The number of urea groups is 1. The average Bonchev–Trinajstić information content (AvgIpc) is 3.11. The third kappa shape index (κ3) is 4.05. The number of anilines is 1. The molecule has 22 heavy (non-hydrogen) atoms. The summed E-state index contributed by atoms with van der Waals surface area (Å²) in [5.74, 6) is 0.814. The second-order valence-corrected chi connectivity index (χ2v) is 5.48. The molecular weight excluding hydrogens is 304 g/mol. The van der Waals surface area contributed by atoms with Crippen molar-refractivity contribution in [1.82, 2.24) is 15.5 Å². The van der Waals surface area contributed by atoms with Gasteiger partial charge in [0.05, 0.1) is 18.0 Å². The van der Waals surface area contributed by atoms with Crippen molar-refractivity contribution in [1.29, 1.82) is 0 Å². The fourth-order valence-electron chi connectivity index (χ4n) is 2.03. The van der Waals surface area contributed by atoms with E-state index in [-0.39, 0.29) is 6.03 Å². The van der Waals surface area contributed by atoms with Gasteiger partial charge >= 0.3 is 6.03 Å². The summed E-state index contributed by atoms with van der Waals surface area (Å²) < 4.78 is 10.3. The summed E-state index contributed by atoms with van der Waals surface area (Å²) in [5, 5.41) is 11.9. The van der Waals surface area contributed by atoms with Crippen LogP contribution in [0.4, 0.5) is 9.93 Å². The molecule has 0 bridgehead atoms. The average molecular weight is 324 g/mol. The summed E-state index contributed by atoms with van der Waals surface area (Å²) in [7, 11) is 1.61. The van der Waals surface area contributed by atoms with Crippen LogP contribution >= 0.6 is 11.3 Å². The predicted molar refractivity (Wildman–Crippen MR) is 83.9 cm³/mol. The van der Waals surface area contributed by atoms with Gasteiger partial charge in [0.15, 0.2) is 5.13 Å². The molecule has 2 rings (SSSR count). The maximum absolute atomic E-state index is 11.9. The van der Waals surface area contributed by atoms with Crippen LogP contribution < -0.4 is 10.6 Å². The zero-order chi connectivity index (χ0) is 15.9. The molecule has 2 N–H and O–H groups in total. The lowest BCUT2D eigenvalue weighted by atomic mass is 10.1. The molecule has 0 aromatic carbocycles. The van der Waals surface area contributed by atoms with E-state index < -0.39 is 0 Å². The van der Waals surface area contributed by atoms with E-state index in [0.717, 1.165) is 35.6 Å². The van der Waals surface area contributed by atoms with Gasteiger partial charge in [-0.1, -0.05) is 19.0 Å². The number of hydrogen-bond acceptors (Lipinski definition) is 6. The Labute approximate surface area is 133 Å². The Morgan fingerprint density at radius 1 is 1.41 bits per heavy atom. The highest BCUT2D eigenvalue weighted by molar-refractivity contribution is 7.13. The second kappa shape index (κ2) is 7.90. The van der Waals surface area contributed by atoms with Gasteiger partial charge in [-0.15, -0.1) is 11.3 Å². The lowest BCUT2D eigenvalue weighted by molar-refractivity contribution is 0.182. The molecule has 2 heterocycles. The topological polar surface area (TPSA) is 89.3 Å². The molecule has 0 radical (unpaired) electrons. The number of nitrogens with one attached hydrogen (secondary N) is 2. The highest BCUT2D eigenvalue weighted by Crippen LogP contribution is 2.17. The van der Waals surface area contributed by atoms with E-state index in [1.54, 1.807) is 7.11 Å². The van der Waals surface area contributed by atoms with Crippen molar-refractivity contribution in [2.24, 2.45) is 0 Å². The standard InChI is InChI=1S/C14H20N4O3S/c1-4-11-10(12(5-2)21-18-11)6-15-13(19)17-14-16-9(7-20-3)8-22-14/h8H,4-7H2,1-3H3,(H2,15,16,17,19). The van der Waals surface area contributed by atoms with Crippen molar-refractivity contribution < 1.29 is 14.1 Å². The van der Waals surface area contributed by atoms with Crippen LogP contribution in [0.1, 0.15) is 36.6 Å². The Balaban J connectivity index is 1.91. The molecule has 0 saturated carbocycles. The van der Waals surface area contributed by atoms with Gasteiger partial charge in [0.1, 0.15) is 5.76 Å². The molecule has 7 nitrogen and oxygen atoms in total. The highest BCUT2D eigenvalue weighted by atomic mass is 32.1. The highest BCUT2D eigenvalue weighted by Gasteiger charge is 2.14. The minimum absolute atomic E-state index is 0.302. The first kappa shape index (κ1) is 16.4. The molecule has 0 aliphatic heterocycles. The zero-order valence-electron chi connectivity index (χ0n) is 12.9. The van der Waals surface area contributed by atoms with Crippen molar-refractivity contribution >= 4 is 22.5 Å². The predicted octanol–water partition coefficient (Wildman–Crippen LogP) is 2.72. The van der Waals surface area contributed by atoms with Gasteiger partial charge in [-0.25, -0.2) is 9.78 Å². The molecule has 0 fully saturated rings. The Morgan fingerprint density at radius 3 is 2.91 bits per heavy atom. The SMILES string of the molecule is CCc1noc(CC)c1CNC(=O)Nc1nc(COC)cs1. The summed E-state index contributed by atoms with van der Waals surface area (Å²) in [6.45, 7) is 4.82. The van der Waals surface area contributed by atoms with Crippen LogP contribution in [-0.2, 0) is 30.7 Å². The zero-order valence-corrected chi connectivity index (χ0v) is 13.7. The minimum Gasteiger partial charge on any atom is -0.378 e. The van der Waals surface area contributed by atoms with Crippen molar-refractivity contribution in [3.8, 4) is 0 Å². The van der Waals surface area contributed by atoms with Crippen molar-refractivity contribution in [2.75, 3.05) is 12.4 Å². The number of carbonyl (C=O) groups excluding carboxylic acids is 1. The lowest BCUT2D eigenvalue weighted by Gasteiger charge is -2.06. The Morgan fingerprint density at radius 2 is 2.23 bits per heavy atom. The van der Waals surface area contributed by atoms with Crippen molar-refractivity contribution in [2.45, 2.75) is 39.8 Å². The van der Waals surface area contributed by atoms with E-state index in [4.69, 9.17) is 9.26 Å². The van der Waals surface area contributed by atoms with Crippen LogP contribution in [0, 0.1) is 0 Å². The van der Waals surface area contributed by atoms with Crippen LogP contribution in [0.15, 0.2) is 9.90 Å². The van der Waals surface area contributed by atoms with Crippen LogP contribution in [0.5, 0.6) is 0 Å². The van der Waals surface area contributed by atoms with Gasteiger partial charge in [0.2, 0.25) is 0 Å². The van der Waals surface area contributed by atoms with Crippen LogP contribution in [-0.4, -0.2) is 23.3 Å². The number of rotatable bonds is 7. The first-order chi connectivity index (χ1) is 10.7. The first-order valence-corrected chi connectivity index (χ1v) is 8.00. The number of aromatic nitrogens is 2. The largest absolute Gasteiger partial charge is 0.378 e. The molecule has 0 spiro atoms. The lowest BCUT2D eigenvalue weighted by Crippen LogP contribution is -2.28. The number of amides is 2. The van der Waals surface area contributed by atoms with Gasteiger partial charge in [-0.3, -0.25) is 5.32 Å². The summed E-state index contributed by atoms with van der Waals surface area (Å²) >= 11 is 1.36. The first-order valence-electron chi connectivity index (χ1n) is 7.12. The monoisotopic (exact) mass is 324 g/mol. The van der Waals surface area contributed by atoms with Crippen LogP contribution in [0.3, 0.4) is 0 Å². The molecule has 0 atom stereocenters. The van der Waals surface area contributed by atoms with Crippen molar-refractivity contribution in [3.63, 3.8) is 0 Å². The Kier molecular flexibility index (Phi) is 5.91. The molecule has 0 saturated heterocycles. The molecule has 8 heteroatoms. The quantitative estimate of drug-likeness (QED) is 0.817. The molecular formula is C14H20N4O3S. The van der Waals surface area contributed by atoms with Gasteiger partial charge in [0, 0.05) is 31.0 Å². The number of thiazole rings is 1. The molecule has 0 aliphatic rings. The number of hydrogen-bond donors (Lipinski definition) is 2. The number of nitrogens with zero attached hydrogens (tertiary/aromatic N) is 2. The third-order valence-electron chi connectivity index (χ3n) is 3.10. The number of aryl methyl sites for hydroxylation is 2. The van der Waals surface area contributed by atoms with E-state index in [2.05, 4.69) is 20.8 Å². The molecule has 2 aromatic heterocycles. The van der Waals surface area contributed by atoms with Crippen LogP contribution in [0.25, 0.3) is 0 Å². The van der Waals surface area contributed by atoms with Gasteiger partial charge < -0.3 is 14.6 Å². The summed E-state index contributed by atoms with van der Waals surface area (Å²) in [6.07, 6.45) is 1.52. The van der Waals surface area contributed by atoms with E-state index in [9.17, 15) is 4.79 Å². The van der Waals surface area contributed by atoms with E-state index in [0.29, 0.717) is 18.3 Å². The van der Waals surface area contributed by atoms with E-state index in [1.165, 1.54) is 11.3 Å². The van der Waals surface area contributed by atoms with E-state index >= 15 is 0 Å². The smallest absolute Gasteiger partial charge is 0.321 e. The number of methoxy groups -OCH3 is 1. The van der Waals surface area contributed by atoms with E-state index in [1.807, 2.05) is 19.2 Å². The molecule has 0 unspecified atom stereocenters. The fraction of sp³-hybridized carbons (Fsp3) is 0.500. The normalized spacial score (nSPS) is 10.7. The number of ether oxygens (including phenoxy) is 1. The molecule has 0 aliphatic carbocycles. The summed E-state index contributed by atoms with van der Waals surface area (Å²) in [6, 6.07) is -0.302. The fourth-order valence-corrected chi connectivity index (χ4v) is 2.72. The van der Waals surface area contributed by atoms with Gasteiger partial charge in [0.25, 0.3) is 0 Å². The Bertz CT molecular complexity index is 602. The minimum atomic E-state index is -0.302. The summed E-state index contributed by atoms with van der Waals surface area (Å²) in [4.78, 5) is 16.2. The number of carbonyl (C=O) groups is 1. The summed E-state index contributed by atoms with van der Waals surface area (Å²) in [5.41, 5.74) is 2.64. The molecule has 2 amide bonds. The van der Waals surface area contributed by atoms with Gasteiger partial charge in [-0.2, -0.15) is 0 Å². The maximum atomic E-state index is 11.9. The molecule has 120 valence electrons. The maximum Gasteiger partial charge on any atom is 0.321 e. The third-order valence-corrected chi connectivity index (χ3v) is 3.90. The second-order valence-electron chi connectivity index (χ2n) is 4.62. The van der Waals surface area contributed by atoms with Crippen molar-refractivity contribution in [3.05, 3.63) is 28.1 Å².